The minimum absolute atomic E-state index is 0.201. The second-order valence-electron chi connectivity index (χ2n) is 3.46. The number of nitrogens with one attached hydrogen (secondary N) is 1. The number of ether oxygens (including phenoxy) is 1. The number of methoxy groups -OCH3 is 1. The lowest BCUT2D eigenvalue weighted by atomic mass is 10.2. The van der Waals surface area contributed by atoms with Crippen LogP contribution in [0.1, 0.15) is 5.56 Å². The van der Waals surface area contributed by atoms with E-state index in [1.54, 1.807) is 24.5 Å². The third-order valence-electron chi connectivity index (χ3n) is 2.40. The number of H-pyrrole nitrogens is 1. The summed E-state index contributed by atoms with van der Waals surface area (Å²) in [5, 5.41) is 0.949. The average molecular weight is 273 g/mol. The molecule has 0 radical (unpaired) electrons. The van der Waals surface area contributed by atoms with Gasteiger partial charge in [0.1, 0.15) is 5.75 Å². The highest BCUT2D eigenvalue weighted by molar-refractivity contribution is 6.36. The summed E-state index contributed by atoms with van der Waals surface area (Å²) in [6, 6.07) is 3.33. The van der Waals surface area contributed by atoms with E-state index in [2.05, 4.69) is 4.98 Å². The van der Waals surface area contributed by atoms with Gasteiger partial charge in [-0.25, -0.2) is 4.79 Å². The van der Waals surface area contributed by atoms with Crippen molar-refractivity contribution in [2.45, 2.75) is 6.54 Å². The number of benzene rings is 1. The highest BCUT2D eigenvalue weighted by atomic mass is 35.5. The molecule has 1 aromatic carbocycles. The number of rotatable bonds is 3. The maximum absolute atomic E-state index is 11.4. The zero-order valence-electron chi connectivity index (χ0n) is 9.04. The first kappa shape index (κ1) is 12.1. The Bertz CT molecular complexity index is 566. The molecule has 0 bridgehead atoms. The summed E-state index contributed by atoms with van der Waals surface area (Å²) in [6.45, 7) is 0.323. The predicted octanol–water partition coefficient (Wildman–Crippen LogP) is 2.54. The second kappa shape index (κ2) is 4.85. The zero-order valence-corrected chi connectivity index (χ0v) is 10.5. The molecule has 0 aliphatic carbocycles. The summed E-state index contributed by atoms with van der Waals surface area (Å²) in [5.74, 6) is 0.588. The van der Waals surface area contributed by atoms with Gasteiger partial charge in [-0.15, -0.1) is 0 Å². The van der Waals surface area contributed by atoms with Crippen molar-refractivity contribution < 1.29 is 4.74 Å². The van der Waals surface area contributed by atoms with Crippen molar-refractivity contribution in [3.8, 4) is 5.75 Å². The monoisotopic (exact) mass is 272 g/mol. The lowest BCUT2D eigenvalue weighted by Gasteiger charge is -2.09. The van der Waals surface area contributed by atoms with Crippen LogP contribution in [0.5, 0.6) is 5.75 Å². The smallest absolute Gasteiger partial charge is 0.325 e. The highest BCUT2D eigenvalue weighted by Gasteiger charge is 2.10. The molecule has 0 aliphatic rings. The van der Waals surface area contributed by atoms with Gasteiger partial charge in [-0.2, -0.15) is 0 Å². The lowest BCUT2D eigenvalue weighted by molar-refractivity contribution is 0.414. The molecule has 1 heterocycles. The van der Waals surface area contributed by atoms with E-state index >= 15 is 0 Å². The Balaban J connectivity index is 2.40. The van der Waals surface area contributed by atoms with E-state index in [1.165, 1.54) is 11.7 Å². The first-order chi connectivity index (χ1) is 8.11. The van der Waals surface area contributed by atoms with Gasteiger partial charge in [0.25, 0.3) is 0 Å². The molecule has 0 atom stereocenters. The van der Waals surface area contributed by atoms with Crippen LogP contribution in [0.2, 0.25) is 10.0 Å². The van der Waals surface area contributed by atoms with E-state index < -0.39 is 0 Å². The number of halogens is 2. The normalized spacial score (nSPS) is 10.5. The molecule has 2 aromatic rings. The summed E-state index contributed by atoms with van der Waals surface area (Å²) in [5.41, 5.74) is 0.490. The standard InChI is InChI=1S/C11H10Cl2N2O2/c1-17-7-4-9(12)8(10(13)5-7)6-15-3-2-14-11(15)16/h2-5H,6H2,1H3,(H,14,16). The minimum Gasteiger partial charge on any atom is -0.497 e. The second-order valence-corrected chi connectivity index (χ2v) is 4.28. The van der Waals surface area contributed by atoms with Gasteiger partial charge in [0.05, 0.1) is 23.7 Å². The minimum atomic E-state index is -0.201. The molecule has 0 amide bonds. The van der Waals surface area contributed by atoms with Crippen LogP contribution in [0.4, 0.5) is 0 Å². The quantitative estimate of drug-likeness (QED) is 0.934. The van der Waals surface area contributed by atoms with Crippen molar-refractivity contribution in [3.63, 3.8) is 0 Å². The van der Waals surface area contributed by atoms with Crippen molar-refractivity contribution in [1.82, 2.24) is 9.55 Å². The Morgan fingerprint density at radius 2 is 2.00 bits per heavy atom. The summed E-state index contributed by atoms with van der Waals surface area (Å²) < 4.78 is 6.53. The molecule has 0 unspecified atom stereocenters. The van der Waals surface area contributed by atoms with Gasteiger partial charge >= 0.3 is 5.69 Å². The van der Waals surface area contributed by atoms with E-state index in [9.17, 15) is 4.79 Å². The molecule has 0 fully saturated rings. The van der Waals surface area contributed by atoms with Crippen molar-refractivity contribution in [2.75, 3.05) is 7.11 Å². The molecule has 0 aliphatic heterocycles. The number of aromatic amines is 1. The van der Waals surface area contributed by atoms with Crippen LogP contribution in [0.3, 0.4) is 0 Å². The first-order valence-electron chi connectivity index (χ1n) is 4.87. The average Bonchev–Trinajstić information content (AvgIpc) is 2.69. The lowest BCUT2D eigenvalue weighted by Crippen LogP contribution is -2.17. The van der Waals surface area contributed by atoms with Gasteiger partial charge in [-0.3, -0.25) is 4.57 Å². The summed E-state index contributed by atoms with van der Waals surface area (Å²) in [7, 11) is 1.54. The fraction of sp³-hybridized carbons (Fsp3) is 0.182. The Morgan fingerprint density at radius 1 is 1.35 bits per heavy atom. The van der Waals surface area contributed by atoms with E-state index in [-0.39, 0.29) is 5.69 Å². The Labute approximate surface area is 108 Å². The number of aromatic nitrogens is 2. The number of nitrogens with zero attached hydrogens (tertiary/aromatic N) is 1. The molecule has 0 spiro atoms. The largest absolute Gasteiger partial charge is 0.497 e. The highest BCUT2D eigenvalue weighted by Crippen LogP contribution is 2.30. The number of imidazole rings is 1. The van der Waals surface area contributed by atoms with Crippen LogP contribution in [-0.2, 0) is 6.54 Å². The van der Waals surface area contributed by atoms with Crippen molar-refractivity contribution in [2.24, 2.45) is 0 Å². The van der Waals surface area contributed by atoms with Crippen LogP contribution < -0.4 is 10.4 Å². The maximum Gasteiger partial charge on any atom is 0.325 e. The van der Waals surface area contributed by atoms with Gasteiger partial charge < -0.3 is 9.72 Å². The fourth-order valence-corrected chi connectivity index (χ4v) is 2.08. The summed E-state index contributed by atoms with van der Waals surface area (Å²) in [4.78, 5) is 13.9. The topological polar surface area (TPSA) is 47.0 Å². The van der Waals surface area contributed by atoms with Gasteiger partial charge in [-0.05, 0) is 12.1 Å². The molecule has 0 saturated carbocycles. The third kappa shape index (κ3) is 2.48. The Morgan fingerprint density at radius 3 is 2.47 bits per heavy atom. The van der Waals surface area contributed by atoms with Crippen LogP contribution in [0.15, 0.2) is 29.3 Å². The maximum atomic E-state index is 11.4. The zero-order chi connectivity index (χ0) is 12.4. The van der Waals surface area contributed by atoms with Crippen LogP contribution >= 0.6 is 23.2 Å². The fourth-order valence-electron chi connectivity index (χ4n) is 1.49. The van der Waals surface area contributed by atoms with Gasteiger partial charge in [-0.1, -0.05) is 23.2 Å². The van der Waals surface area contributed by atoms with Crippen LogP contribution in [0, 0.1) is 0 Å². The number of hydrogen-bond acceptors (Lipinski definition) is 2. The van der Waals surface area contributed by atoms with E-state index in [4.69, 9.17) is 27.9 Å². The summed E-state index contributed by atoms with van der Waals surface area (Å²) in [6.07, 6.45) is 3.20. The molecular weight excluding hydrogens is 263 g/mol. The molecule has 6 heteroatoms. The molecular formula is C11H10Cl2N2O2. The third-order valence-corrected chi connectivity index (χ3v) is 3.08. The Hall–Kier alpha value is -1.39. The van der Waals surface area contributed by atoms with E-state index in [0.717, 1.165) is 0 Å². The SMILES string of the molecule is COc1cc(Cl)c(Cn2cc[nH]c2=O)c(Cl)c1. The number of hydrogen-bond donors (Lipinski definition) is 1. The van der Waals surface area contributed by atoms with Crippen LogP contribution in [0.25, 0.3) is 0 Å². The van der Waals surface area contributed by atoms with Gasteiger partial charge in [0, 0.05) is 18.0 Å². The van der Waals surface area contributed by atoms with Crippen molar-refractivity contribution in [1.29, 1.82) is 0 Å². The van der Waals surface area contributed by atoms with E-state index in [0.29, 0.717) is 27.9 Å². The molecule has 2 rings (SSSR count). The molecule has 1 N–H and O–H groups in total. The molecule has 90 valence electrons. The molecule has 4 nitrogen and oxygen atoms in total. The molecule has 17 heavy (non-hydrogen) atoms. The molecule has 0 saturated heterocycles. The van der Waals surface area contributed by atoms with Gasteiger partial charge in [0.15, 0.2) is 0 Å². The molecule has 1 aromatic heterocycles. The summed E-state index contributed by atoms with van der Waals surface area (Å²) >= 11 is 12.2. The first-order valence-corrected chi connectivity index (χ1v) is 5.63. The predicted molar refractivity (Wildman–Crippen MR) is 67.2 cm³/mol. The van der Waals surface area contributed by atoms with Crippen molar-refractivity contribution in [3.05, 3.63) is 50.6 Å². The van der Waals surface area contributed by atoms with Crippen molar-refractivity contribution >= 4 is 23.2 Å². The van der Waals surface area contributed by atoms with E-state index in [1.807, 2.05) is 0 Å². The van der Waals surface area contributed by atoms with Gasteiger partial charge in [0.2, 0.25) is 0 Å². The van der Waals surface area contributed by atoms with Crippen LogP contribution in [-0.4, -0.2) is 16.7 Å². The Kier molecular flexibility index (Phi) is 3.45.